The fraction of sp³-hybridized carbons (Fsp3) is 0.636. The minimum Gasteiger partial charge on any atom is -0.344 e. The smallest absolute Gasteiger partial charge is 0.188 e. The van der Waals surface area contributed by atoms with E-state index in [9.17, 15) is 0 Å². The van der Waals surface area contributed by atoms with Gasteiger partial charge in [-0.1, -0.05) is 29.9 Å². The molecular formula is C11H15ClN4S. The number of nitrogens with zero attached hydrogens (tertiary/aromatic N) is 3. The molecule has 2 heterocycles. The van der Waals surface area contributed by atoms with Crippen molar-refractivity contribution in [1.82, 2.24) is 4.98 Å². The SMILES string of the molecule is CC1CCN(c2nc(Cl)c(C#N)s2)C(CN)C1. The first-order valence-corrected chi connectivity index (χ1v) is 6.88. The zero-order valence-corrected chi connectivity index (χ0v) is 11.3. The van der Waals surface area contributed by atoms with E-state index in [0.29, 0.717) is 28.5 Å². The summed E-state index contributed by atoms with van der Waals surface area (Å²) in [6.07, 6.45) is 2.21. The molecule has 17 heavy (non-hydrogen) atoms. The average molecular weight is 271 g/mol. The molecule has 2 unspecified atom stereocenters. The summed E-state index contributed by atoms with van der Waals surface area (Å²) < 4.78 is 0. The minimum absolute atomic E-state index is 0.307. The first-order chi connectivity index (χ1) is 8.15. The predicted octanol–water partition coefficient (Wildman–Crippen LogP) is 2.23. The molecule has 0 amide bonds. The number of hydrogen-bond acceptors (Lipinski definition) is 5. The van der Waals surface area contributed by atoms with Crippen molar-refractivity contribution in [3.05, 3.63) is 10.0 Å². The van der Waals surface area contributed by atoms with Gasteiger partial charge in [0.05, 0.1) is 0 Å². The molecule has 1 aliphatic rings. The van der Waals surface area contributed by atoms with Crippen molar-refractivity contribution in [3.8, 4) is 6.07 Å². The maximum absolute atomic E-state index is 8.89. The Bertz CT molecular complexity index is 439. The van der Waals surface area contributed by atoms with Gasteiger partial charge in [0, 0.05) is 19.1 Å². The number of thiazole rings is 1. The summed E-state index contributed by atoms with van der Waals surface area (Å²) in [5.41, 5.74) is 5.81. The molecule has 6 heteroatoms. The molecule has 0 aliphatic carbocycles. The summed E-state index contributed by atoms with van der Waals surface area (Å²) in [7, 11) is 0. The van der Waals surface area contributed by atoms with E-state index < -0.39 is 0 Å². The third-order valence-corrected chi connectivity index (χ3v) is 4.55. The molecule has 4 nitrogen and oxygen atoms in total. The Morgan fingerprint density at radius 3 is 3.06 bits per heavy atom. The number of aromatic nitrogens is 1. The summed E-state index contributed by atoms with van der Waals surface area (Å²) >= 11 is 7.26. The third kappa shape index (κ3) is 2.54. The Kier molecular flexibility index (Phi) is 3.87. The summed E-state index contributed by atoms with van der Waals surface area (Å²) in [6, 6.07) is 2.38. The molecule has 0 bridgehead atoms. The third-order valence-electron chi connectivity index (χ3n) is 3.17. The van der Waals surface area contributed by atoms with Crippen LogP contribution in [0.15, 0.2) is 0 Å². The fourth-order valence-corrected chi connectivity index (χ4v) is 3.35. The zero-order valence-electron chi connectivity index (χ0n) is 9.69. The van der Waals surface area contributed by atoms with Gasteiger partial charge in [-0.05, 0) is 18.8 Å². The van der Waals surface area contributed by atoms with Gasteiger partial charge in [0.25, 0.3) is 0 Å². The number of rotatable bonds is 2. The number of anilines is 1. The number of nitrogens with two attached hydrogens (primary N) is 1. The Morgan fingerprint density at radius 2 is 2.47 bits per heavy atom. The van der Waals surface area contributed by atoms with Crippen molar-refractivity contribution in [2.45, 2.75) is 25.8 Å². The molecule has 1 aromatic rings. The Balaban J connectivity index is 2.23. The van der Waals surface area contributed by atoms with Crippen LogP contribution in [0.2, 0.25) is 5.15 Å². The lowest BCUT2D eigenvalue weighted by Crippen LogP contribution is -2.46. The van der Waals surface area contributed by atoms with Gasteiger partial charge >= 0.3 is 0 Å². The van der Waals surface area contributed by atoms with Gasteiger partial charge in [-0.3, -0.25) is 0 Å². The largest absolute Gasteiger partial charge is 0.344 e. The first kappa shape index (κ1) is 12.6. The van der Waals surface area contributed by atoms with E-state index >= 15 is 0 Å². The van der Waals surface area contributed by atoms with E-state index in [1.807, 2.05) is 0 Å². The summed E-state index contributed by atoms with van der Waals surface area (Å²) in [5, 5.41) is 10.0. The molecule has 1 aromatic heterocycles. The van der Waals surface area contributed by atoms with Crippen LogP contribution in [0.3, 0.4) is 0 Å². The predicted molar refractivity (Wildman–Crippen MR) is 70.4 cm³/mol. The van der Waals surface area contributed by atoms with E-state index in [0.717, 1.165) is 24.5 Å². The van der Waals surface area contributed by atoms with E-state index in [1.165, 1.54) is 11.3 Å². The van der Waals surface area contributed by atoms with Crippen LogP contribution < -0.4 is 10.6 Å². The normalized spacial score (nSPS) is 24.7. The van der Waals surface area contributed by atoms with Crippen LogP contribution >= 0.6 is 22.9 Å². The van der Waals surface area contributed by atoms with E-state index in [4.69, 9.17) is 22.6 Å². The molecule has 1 saturated heterocycles. The van der Waals surface area contributed by atoms with Crippen LogP contribution in [0.4, 0.5) is 5.13 Å². The molecule has 1 fully saturated rings. The topological polar surface area (TPSA) is 65.9 Å². The standard InChI is InChI=1S/C11H15ClN4S/c1-7-2-3-16(8(4-7)5-13)11-15-10(12)9(6-14)17-11/h7-8H,2-5,13H2,1H3. The highest BCUT2D eigenvalue weighted by molar-refractivity contribution is 7.16. The van der Waals surface area contributed by atoms with Crippen molar-refractivity contribution in [1.29, 1.82) is 5.26 Å². The maximum atomic E-state index is 8.89. The molecule has 2 N–H and O–H groups in total. The monoisotopic (exact) mass is 270 g/mol. The lowest BCUT2D eigenvalue weighted by atomic mass is 9.93. The van der Waals surface area contributed by atoms with Crippen molar-refractivity contribution in [2.24, 2.45) is 11.7 Å². The fourth-order valence-electron chi connectivity index (χ4n) is 2.21. The van der Waals surface area contributed by atoms with E-state index in [1.54, 1.807) is 0 Å². The van der Waals surface area contributed by atoms with Crippen molar-refractivity contribution in [2.75, 3.05) is 18.0 Å². The minimum atomic E-state index is 0.307. The summed E-state index contributed by atoms with van der Waals surface area (Å²) in [4.78, 5) is 6.93. The van der Waals surface area contributed by atoms with Crippen LogP contribution in [-0.4, -0.2) is 24.1 Å². The Hall–Kier alpha value is -0.830. The second kappa shape index (κ2) is 5.21. The van der Waals surface area contributed by atoms with Gasteiger partial charge < -0.3 is 10.6 Å². The van der Waals surface area contributed by atoms with Crippen molar-refractivity contribution >= 4 is 28.1 Å². The molecule has 0 saturated carbocycles. The zero-order chi connectivity index (χ0) is 12.4. The molecule has 0 spiro atoms. The molecule has 92 valence electrons. The van der Waals surface area contributed by atoms with Crippen LogP contribution in [0, 0.1) is 17.2 Å². The van der Waals surface area contributed by atoms with E-state index in [2.05, 4.69) is 22.9 Å². The van der Waals surface area contributed by atoms with Crippen molar-refractivity contribution < 1.29 is 0 Å². The highest BCUT2D eigenvalue weighted by atomic mass is 35.5. The van der Waals surface area contributed by atoms with Gasteiger partial charge in [-0.15, -0.1) is 0 Å². The lowest BCUT2D eigenvalue weighted by molar-refractivity contribution is 0.366. The molecule has 2 rings (SSSR count). The van der Waals surface area contributed by atoms with Gasteiger partial charge in [-0.25, -0.2) is 4.98 Å². The molecular weight excluding hydrogens is 256 g/mol. The first-order valence-electron chi connectivity index (χ1n) is 5.68. The molecule has 1 aliphatic heterocycles. The van der Waals surface area contributed by atoms with Gasteiger partial charge in [0.1, 0.15) is 10.9 Å². The quantitative estimate of drug-likeness (QED) is 0.895. The number of halogens is 1. The van der Waals surface area contributed by atoms with Crippen LogP contribution in [-0.2, 0) is 0 Å². The maximum Gasteiger partial charge on any atom is 0.188 e. The summed E-state index contributed by atoms with van der Waals surface area (Å²) in [5.74, 6) is 0.700. The second-order valence-corrected chi connectivity index (χ2v) is 5.78. The number of hydrogen-bond donors (Lipinski definition) is 1. The van der Waals surface area contributed by atoms with Crippen LogP contribution in [0.1, 0.15) is 24.6 Å². The average Bonchev–Trinajstić information content (AvgIpc) is 2.70. The van der Waals surface area contributed by atoms with Crippen LogP contribution in [0.5, 0.6) is 0 Å². The number of piperidine rings is 1. The van der Waals surface area contributed by atoms with Crippen molar-refractivity contribution in [3.63, 3.8) is 0 Å². The Labute approximate surface area is 110 Å². The highest BCUT2D eigenvalue weighted by Crippen LogP contribution is 2.33. The van der Waals surface area contributed by atoms with Gasteiger partial charge in [0.2, 0.25) is 0 Å². The Morgan fingerprint density at radius 1 is 1.71 bits per heavy atom. The van der Waals surface area contributed by atoms with Gasteiger partial charge in [-0.2, -0.15) is 5.26 Å². The molecule has 0 aromatic carbocycles. The molecule has 2 atom stereocenters. The van der Waals surface area contributed by atoms with Gasteiger partial charge in [0.15, 0.2) is 10.3 Å². The van der Waals surface area contributed by atoms with Crippen LogP contribution in [0.25, 0.3) is 0 Å². The highest BCUT2D eigenvalue weighted by Gasteiger charge is 2.28. The van der Waals surface area contributed by atoms with E-state index in [-0.39, 0.29) is 0 Å². The summed E-state index contributed by atoms with van der Waals surface area (Å²) in [6.45, 7) is 3.80. The second-order valence-electron chi connectivity index (χ2n) is 4.44. The number of nitriles is 1. The lowest BCUT2D eigenvalue weighted by Gasteiger charge is -2.37. The molecule has 0 radical (unpaired) electrons.